The van der Waals surface area contributed by atoms with Crippen LogP contribution in [0.5, 0.6) is 23.0 Å². The van der Waals surface area contributed by atoms with Crippen molar-refractivity contribution in [1.82, 2.24) is 4.57 Å². The molecule has 10 nitrogen and oxygen atoms in total. The minimum atomic E-state index is -0.862. The van der Waals surface area contributed by atoms with Crippen molar-refractivity contribution in [2.24, 2.45) is 10.9 Å². The fraction of sp³-hybridized carbons (Fsp3) is 0.355. The standard InChI is InChI=1S/C31H34N2O8S/c1-8-39-25-15-21(10-12-23(25)41-19(5)34)28-27(30(36)40-16-17(2)3)18(4)32-31-33(28)29(35)26(42-31)14-20-9-11-22(37-6)24(13-20)38-7/h9-15,17,28H,8,16H2,1-7H3/b26-14-/t28-/m1/s1. The van der Waals surface area contributed by atoms with Crippen molar-refractivity contribution < 1.29 is 33.3 Å². The van der Waals surface area contributed by atoms with Crippen molar-refractivity contribution in [2.45, 2.75) is 40.7 Å². The predicted octanol–water partition coefficient (Wildman–Crippen LogP) is 3.78. The number of fused-ring (bicyclic) bond motifs is 1. The van der Waals surface area contributed by atoms with E-state index in [1.807, 2.05) is 19.9 Å². The molecule has 0 saturated carbocycles. The first-order chi connectivity index (χ1) is 20.1. The number of hydrogen-bond donors (Lipinski definition) is 0. The highest BCUT2D eigenvalue weighted by molar-refractivity contribution is 7.07. The molecule has 0 saturated heterocycles. The van der Waals surface area contributed by atoms with Gasteiger partial charge < -0.3 is 23.7 Å². The first-order valence-corrected chi connectivity index (χ1v) is 14.3. The zero-order valence-electron chi connectivity index (χ0n) is 24.7. The Kier molecular flexibility index (Phi) is 9.52. The van der Waals surface area contributed by atoms with Crippen LogP contribution in [0.15, 0.2) is 57.5 Å². The minimum Gasteiger partial charge on any atom is -0.493 e. The fourth-order valence-corrected chi connectivity index (χ4v) is 5.56. The van der Waals surface area contributed by atoms with Crippen LogP contribution in [0.1, 0.15) is 51.8 Å². The molecule has 0 amide bonds. The fourth-order valence-electron chi connectivity index (χ4n) is 4.51. The third kappa shape index (κ3) is 6.41. The van der Waals surface area contributed by atoms with Gasteiger partial charge in [-0.3, -0.25) is 14.2 Å². The number of rotatable bonds is 10. The van der Waals surface area contributed by atoms with E-state index in [9.17, 15) is 14.4 Å². The number of allylic oxidation sites excluding steroid dienone is 1. The van der Waals surface area contributed by atoms with E-state index in [-0.39, 0.29) is 29.4 Å². The molecular weight excluding hydrogens is 560 g/mol. The Bertz CT molecular complexity index is 1720. The number of ether oxygens (including phenoxy) is 5. The number of benzene rings is 2. The lowest BCUT2D eigenvalue weighted by atomic mass is 9.95. The molecule has 0 bridgehead atoms. The summed E-state index contributed by atoms with van der Waals surface area (Å²) >= 11 is 1.21. The molecule has 4 rings (SSSR count). The summed E-state index contributed by atoms with van der Waals surface area (Å²) in [5, 5.41) is 0. The summed E-state index contributed by atoms with van der Waals surface area (Å²) in [7, 11) is 3.10. The molecule has 2 aromatic carbocycles. The van der Waals surface area contributed by atoms with E-state index in [0.29, 0.717) is 44.4 Å². The lowest BCUT2D eigenvalue weighted by Gasteiger charge is -2.25. The van der Waals surface area contributed by atoms with E-state index < -0.39 is 18.0 Å². The summed E-state index contributed by atoms with van der Waals surface area (Å²) in [5.41, 5.74) is 1.64. The van der Waals surface area contributed by atoms with Gasteiger partial charge in [-0.05, 0) is 61.2 Å². The summed E-state index contributed by atoms with van der Waals surface area (Å²) in [4.78, 5) is 44.2. The quantitative estimate of drug-likeness (QED) is 0.257. The Morgan fingerprint density at radius 1 is 1.05 bits per heavy atom. The molecule has 0 radical (unpaired) electrons. The molecule has 0 aliphatic carbocycles. The summed E-state index contributed by atoms with van der Waals surface area (Å²) in [5.74, 6) is 0.689. The Hall–Kier alpha value is -4.38. The van der Waals surface area contributed by atoms with Crippen LogP contribution in [0.2, 0.25) is 0 Å². The average molecular weight is 595 g/mol. The van der Waals surface area contributed by atoms with Gasteiger partial charge in [0.25, 0.3) is 5.56 Å². The topological polar surface area (TPSA) is 115 Å². The van der Waals surface area contributed by atoms with Gasteiger partial charge in [-0.1, -0.05) is 37.3 Å². The number of carbonyl (C=O) groups excluding carboxylic acids is 2. The van der Waals surface area contributed by atoms with Gasteiger partial charge in [0.15, 0.2) is 27.8 Å². The third-order valence-corrected chi connectivity index (χ3v) is 7.31. The van der Waals surface area contributed by atoms with Gasteiger partial charge in [-0.25, -0.2) is 9.79 Å². The molecule has 1 atom stereocenters. The van der Waals surface area contributed by atoms with Crippen LogP contribution in [-0.2, 0) is 14.3 Å². The molecular formula is C31H34N2O8S. The van der Waals surface area contributed by atoms with Gasteiger partial charge in [0, 0.05) is 6.92 Å². The monoisotopic (exact) mass is 594 g/mol. The molecule has 0 unspecified atom stereocenters. The van der Waals surface area contributed by atoms with Gasteiger partial charge in [0.2, 0.25) is 0 Å². The summed E-state index contributed by atoms with van der Waals surface area (Å²) in [6.45, 7) is 9.23. The van der Waals surface area contributed by atoms with Gasteiger partial charge >= 0.3 is 11.9 Å². The second kappa shape index (κ2) is 13.1. The molecule has 0 spiro atoms. The maximum atomic E-state index is 14.0. The predicted molar refractivity (Wildman–Crippen MR) is 158 cm³/mol. The van der Waals surface area contributed by atoms with Crippen molar-refractivity contribution in [3.63, 3.8) is 0 Å². The molecule has 1 aliphatic rings. The summed E-state index contributed by atoms with van der Waals surface area (Å²) in [6.07, 6.45) is 1.74. The maximum absolute atomic E-state index is 14.0. The maximum Gasteiger partial charge on any atom is 0.338 e. The summed E-state index contributed by atoms with van der Waals surface area (Å²) < 4.78 is 29.4. The van der Waals surface area contributed by atoms with Crippen LogP contribution < -0.4 is 33.8 Å². The first kappa shape index (κ1) is 30.6. The molecule has 1 aliphatic heterocycles. The number of aromatic nitrogens is 1. The van der Waals surface area contributed by atoms with Crippen molar-refractivity contribution in [1.29, 1.82) is 0 Å². The van der Waals surface area contributed by atoms with Crippen LogP contribution in [0.4, 0.5) is 0 Å². The number of methoxy groups -OCH3 is 2. The smallest absolute Gasteiger partial charge is 0.338 e. The first-order valence-electron chi connectivity index (χ1n) is 13.4. The SMILES string of the molecule is CCOc1cc([C@@H]2C(C(=O)OCC(C)C)=C(C)N=c3s/c(=C\c4ccc(OC)c(OC)c4)c(=O)n32)ccc1OC(C)=O. The number of hydrogen-bond acceptors (Lipinski definition) is 10. The Morgan fingerprint density at radius 2 is 1.76 bits per heavy atom. The number of esters is 2. The van der Waals surface area contributed by atoms with Crippen molar-refractivity contribution in [3.8, 4) is 23.0 Å². The second-order valence-electron chi connectivity index (χ2n) is 9.92. The second-order valence-corrected chi connectivity index (χ2v) is 10.9. The third-order valence-electron chi connectivity index (χ3n) is 6.33. The zero-order chi connectivity index (χ0) is 30.6. The van der Waals surface area contributed by atoms with Gasteiger partial charge in [0.1, 0.15) is 0 Å². The van der Waals surface area contributed by atoms with E-state index in [2.05, 4.69) is 4.99 Å². The van der Waals surface area contributed by atoms with Crippen LogP contribution in [0, 0.1) is 5.92 Å². The van der Waals surface area contributed by atoms with Crippen molar-refractivity contribution in [2.75, 3.05) is 27.4 Å². The van der Waals surface area contributed by atoms with E-state index in [4.69, 9.17) is 23.7 Å². The number of thiazole rings is 1. The lowest BCUT2D eigenvalue weighted by molar-refractivity contribution is -0.140. The van der Waals surface area contributed by atoms with Gasteiger partial charge in [0.05, 0.1) is 49.3 Å². The van der Waals surface area contributed by atoms with Gasteiger partial charge in [-0.15, -0.1) is 0 Å². The average Bonchev–Trinajstić information content (AvgIpc) is 3.25. The van der Waals surface area contributed by atoms with Crippen LogP contribution in [0.3, 0.4) is 0 Å². The summed E-state index contributed by atoms with van der Waals surface area (Å²) in [6, 6.07) is 9.46. The molecule has 0 fully saturated rings. The van der Waals surface area contributed by atoms with Crippen molar-refractivity contribution >= 4 is 29.4 Å². The highest BCUT2D eigenvalue weighted by Gasteiger charge is 2.34. The number of carbonyl (C=O) groups is 2. The Balaban J connectivity index is 1.93. The molecule has 42 heavy (non-hydrogen) atoms. The highest BCUT2D eigenvalue weighted by atomic mass is 32.1. The van der Waals surface area contributed by atoms with Crippen molar-refractivity contribution in [3.05, 3.63) is 78.5 Å². The van der Waals surface area contributed by atoms with Crippen LogP contribution in [-0.4, -0.2) is 43.9 Å². The molecule has 0 N–H and O–H groups in total. The Labute approximate surface area is 247 Å². The molecule has 11 heteroatoms. The van der Waals surface area contributed by atoms with Gasteiger partial charge in [-0.2, -0.15) is 0 Å². The normalized spacial score (nSPS) is 14.8. The minimum absolute atomic E-state index is 0.114. The van der Waals surface area contributed by atoms with E-state index in [0.717, 1.165) is 5.56 Å². The largest absolute Gasteiger partial charge is 0.493 e. The van der Waals surface area contributed by atoms with E-state index in [1.54, 1.807) is 64.5 Å². The van der Waals surface area contributed by atoms with Crippen LogP contribution in [0.25, 0.3) is 6.08 Å². The Morgan fingerprint density at radius 3 is 2.40 bits per heavy atom. The zero-order valence-corrected chi connectivity index (χ0v) is 25.5. The van der Waals surface area contributed by atoms with E-state index in [1.165, 1.54) is 22.8 Å². The van der Waals surface area contributed by atoms with Crippen LogP contribution >= 0.6 is 11.3 Å². The lowest BCUT2D eigenvalue weighted by Crippen LogP contribution is -2.40. The molecule has 2 heterocycles. The molecule has 222 valence electrons. The highest BCUT2D eigenvalue weighted by Crippen LogP contribution is 2.36. The number of nitrogens with zero attached hydrogens (tertiary/aromatic N) is 2. The molecule has 3 aromatic rings. The molecule has 1 aromatic heterocycles. The van der Waals surface area contributed by atoms with E-state index >= 15 is 0 Å².